The van der Waals surface area contributed by atoms with Crippen LogP contribution in [0.15, 0.2) is 28.7 Å². The van der Waals surface area contributed by atoms with Crippen LogP contribution >= 0.6 is 15.9 Å². The van der Waals surface area contributed by atoms with Gasteiger partial charge in [0.05, 0.1) is 6.61 Å². The molecule has 0 aliphatic carbocycles. The van der Waals surface area contributed by atoms with E-state index in [1.807, 2.05) is 39.0 Å². The molecule has 1 N–H and O–H groups in total. The number of halogens is 1. The van der Waals surface area contributed by atoms with Gasteiger partial charge in [-0.1, -0.05) is 41.9 Å². The van der Waals surface area contributed by atoms with Gasteiger partial charge in [-0.3, -0.25) is 9.63 Å². The zero-order valence-electron chi connectivity index (χ0n) is 10.9. The van der Waals surface area contributed by atoms with Gasteiger partial charge in [0.25, 0.3) is 5.91 Å². The SMILES string of the molecule is Cc1ccc(/C=C/C(=O)NOCC(C)C)c(Br)c1. The Hall–Kier alpha value is -1.13. The Balaban J connectivity index is 2.50. The van der Waals surface area contributed by atoms with Crippen molar-refractivity contribution in [3.63, 3.8) is 0 Å². The van der Waals surface area contributed by atoms with Crippen molar-refractivity contribution < 1.29 is 9.63 Å². The molecule has 0 radical (unpaired) electrons. The summed E-state index contributed by atoms with van der Waals surface area (Å²) in [4.78, 5) is 16.5. The summed E-state index contributed by atoms with van der Waals surface area (Å²) in [5.74, 6) is 0.128. The van der Waals surface area contributed by atoms with Crippen LogP contribution in [0.2, 0.25) is 0 Å². The Bertz CT molecular complexity index is 441. The number of hydrogen-bond donors (Lipinski definition) is 1. The van der Waals surface area contributed by atoms with Crippen molar-refractivity contribution in [3.8, 4) is 0 Å². The van der Waals surface area contributed by atoms with Gasteiger partial charge in [-0.25, -0.2) is 5.48 Å². The first-order valence-electron chi connectivity index (χ1n) is 5.85. The molecule has 0 bridgehead atoms. The molecule has 0 aromatic heterocycles. The minimum atomic E-state index is -0.261. The van der Waals surface area contributed by atoms with Crippen LogP contribution in [-0.2, 0) is 9.63 Å². The molecule has 98 valence electrons. The van der Waals surface area contributed by atoms with Crippen molar-refractivity contribution in [1.82, 2.24) is 5.48 Å². The van der Waals surface area contributed by atoms with Gasteiger partial charge in [-0.15, -0.1) is 0 Å². The second kappa shape index (κ2) is 7.34. The number of carbonyl (C=O) groups is 1. The van der Waals surface area contributed by atoms with Gasteiger partial charge in [-0.05, 0) is 36.1 Å². The number of benzene rings is 1. The third kappa shape index (κ3) is 5.47. The molecule has 3 nitrogen and oxygen atoms in total. The minimum absolute atomic E-state index is 0.261. The topological polar surface area (TPSA) is 38.3 Å². The van der Waals surface area contributed by atoms with Crippen molar-refractivity contribution in [2.45, 2.75) is 20.8 Å². The van der Waals surface area contributed by atoms with Gasteiger partial charge in [0.1, 0.15) is 0 Å². The smallest absolute Gasteiger partial charge is 0.267 e. The van der Waals surface area contributed by atoms with Gasteiger partial charge in [0, 0.05) is 10.5 Å². The first kappa shape index (κ1) is 14.9. The van der Waals surface area contributed by atoms with Crippen LogP contribution in [0.1, 0.15) is 25.0 Å². The number of amides is 1. The fourth-order valence-corrected chi connectivity index (χ4v) is 1.87. The molecular formula is C14H18BrNO2. The number of nitrogens with one attached hydrogen (secondary N) is 1. The van der Waals surface area contributed by atoms with Crippen LogP contribution in [0.3, 0.4) is 0 Å². The normalized spacial score (nSPS) is 11.2. The van der Waals surface area contributed by atoms with Crippen LogP contribution in [-0.4, -0.2) is 12.5 Å². The van der Waals surface area contributed by atoms with E-state index in [2.05, 4.69) is 21.4 Å². The Morgan fingerprint density at radius 3 is 2.83 bits per heavy atom. The van der Waals surface area contributed by atoms with Crippen LogP contribution < -0.4 is 5.48 Å². The van der Waals surface area contributed by atoms with E-state index in [0.29, 0.717) is 12.5 Å². The molecule has 18 heavy (non-hydrogen) atoms. The van der Waals surface area contributed by atoms with E-state index in [9.17, 15) is 4.79 Å². The largest absolute Gasteiger partial charge is 0.273 e. The van der Waals surface area contributed by atoms with Crippen molar-refractivity contribution in [2.75, 3.05) is 6.61 Å². The molecule has 0 spiro atoms. The van der Waals surface area contributed by atoms with E-state index in [0.717, 1.165) is 10.0 Å². The van der Waals surface area contributed by atoms with Crippen LogP contribution in [0, 0.1) is 12.8 Å². The molecule has 0 unspecified atom stereocenters. The van der Waals surface area contributed by atoms with Crippen LogP contribution in [0.4, 0.5) is 0 Å². The Kier molecular flexibility index (Phi) is 6.09. The molecule has 0 aliphatic rings. The summed E-state index contributed by atoms with van der Waals surface area (Å²) >= 11 is 3.45. The summed E-state index contributed by atoms with van der Waals surface area (Å²) in [5.41, 5.74) is 4.50. The number of hydrogen-bond acceptors (Lipinski definition) is 2. The molecule has 1 aromatic rings. The fraction of sp³-hybridized carbons (Fsp3) is 0.357. The lowest BCUT2D eigenvalue weighted by molar-refractivity contribution is -0.129. The molecular weight excluding hydrogens is 294 g/mol. The first-order chi connectivity index (χ1) is 8.49. The maximum absolute atomic E-state index is 11.4. The van der Waals surface area contributed by atoms with E-state index in [4.69, 9.17) is 4.84 Å². The molecule has 0 aliphatic heterocycles. The number of rotatable bonds is 5. The Labute approximate surface area is 116 Å². The second-order valence-corrected chi connectivity index (χ2v) is 5.38. The maximum Gasteiger partial charge on any atom is 0.267 e. The lowest BCUT2D eigenvalue weighted by Crippen LogP contribution is -2.23. The lowest BCUT2D eigenvalue weighted by atomic mass is 10.1. The van der Waals surface area contributed by atoms with Gasteiger partial charge in [-0.2, -0.15) is 0 Å². The van der Waals surface area contributed by atoms with Crippen molar-refractivity contribution in [2.24, 2.45) is 5.92 Å². The molecule has 1 aromatic carbocycles. The Morgan fingerprint density at radius 2 is 2.22 bits per heavy atom. The highest BCUT2D eigenvalue weighted by molar-refractivity contribution is 9.10. The molecule has 4 heteroatoms. The summed E-state index contributed by atoms with van der Waals surface area (Å²) in [7, 11) is 0. The van der Waals surface area contributed by atoms with Crippen molar-refractivity contribution in [3.05, 3.63) is 39.9 Å². The quantitative estimate of drug-likeness (QED) is 0.668. The number of hydroxylamine groups is 1. The maximum atomic E-state index is 11.4. The average Bonchev–Trinajstić information content (AvgIpc) is 2.27. The first-order valence-corrected chi connectivity index (χ1v) is 6.64. The predicted octanol–water partition coefficient (Wildman–Crippen LogP) is 3.47. The standard InChI is InChI=1S/C14H18BrNO2/c1-10(2)9-18-16-14(17)7-6-12-5-4-11(3)8-13(12)15/h4-8,10H,9H2,1-3H3,(H,16,17)/b7-6+. The lowest BCUT2D eigenvalue weighted by Gasteiger charge is -2.05. The third-order valence-electron chi connectivity index (χ3n) is 2.16. The van der Waals surface area contributed by atoms with Crippen LogP contribution in [0.5, 0.6) is 0 Å². The summed E-state index contributed by atoms with van der Waals surface area (Å²) in [6, 6.07) is 5.96. The summed E-state index contributed by atoms with van der Waals surface area (Å²) in [6.45, 7) is 6.56. The number of carbonyl (C=O) groups excluding carboxylic acids is 1. The average molecular weight is 312 g/mol. The highest BCUT2D eigenvalue weighted by Gasteiger charge is 1.99. The van der Waals surface area contributed by atoms with E-state index >= 15 is 0 Å². The molecule has 0 saturated carbocycles. The molecule has 0 heterocycles. The van der Waals surface area contributed by atoms with E-state index in [-0.39, 0.29) is 5.91 Å². The second-order valence-electron chi connectivity index (χ2n) is 4.53. The Morgan fingerprint density at radius 1 is 1.50 bits per heavy atom. The minimum Gasteiger partial charge on any atom is -0.273 e. The molecule has 1 rings (SSSR count). The van der Waals surface area contributed by atoms with E-state index in [1.54, 1.807) is 6.08 Å². The van der Waals surface area contributed by atoms with Gasteiger partial charge in [0.15, 0.2) is 0 Å². The molecule has 1 amide bonds. The van der Waals surface area contributed by atoms with E-state index < -0.39 is 0 Å². The summed E-state index contributed by atoms with van der Waals surface area (Å²) in [6.07, 6.45) is 3.20. The van der Waals surface area contributed by atoms with Gasteiger partial charge < -0.3 is 0 Å². The fourth-order valence-electron chi connectivity index (χ4n) is 1.25. The zero-order valence-corrected chi connectivity index (χ0v) is 12.5. The van der Waals surface area contributed by atoms with Crippen LogP contribution in [0.25, 0.3) is 6.08 Å². The third-order valence-corrected chi connectivity index (χ3v) is 2.85. The van der Waals surface area contributed by atoms with Gasteiger partial charge in [0.2, 0.25) is 0 Å². The van der Waals surface area contributed by atoms with Gasteiger partial charge >= 0.3 is 0 Å². The monoisotopic (exact) mass is 311 g/mol. The van der Waals surface area contributed by atoms with E-state index in [1.165, 1.54) is 11.6 Å². The van der Waals surface area contributed by atoms with Crippen molar-refractivity contribution >= 4 is 27.9 Å². The molecule has 0 atom stereocenters. The number of aryl methyl sites for hydroxylation is 1. The predicted molar refractivity (Wildman–Crippen MR) is 76.8 cm³/mol. The molecule has 0 fully saturated rings. The van der Waals surface area contributed by atoms with Crippen molar-refractivity contribution in [1.29, 1.82) is 0 Å². The molecule has 0 saturated heterocycles. The zero-order chi connectivity index (χ0) is 13.5. The summed E-state index contributed by atoms with van der Waals surface area (Å²) in [5, 5.41) is 0. The highest BCUT2D eigenvalue weighted by atomic mass is 79.9. The highest BCUT2D eigenvalue weighted by Crippen LogP contribution is 2.19. The summed E-state index contributed by atoms with van der Waals surface area (Å²) < 4.78 is 0.967.